The molecule has 0 aliphatic carbocycles. The smallest absolute Gasteiger partial charge is 0.208 e. The molecule has 0 rings (SSSR count). The van der Waals surface area contributed by atoms with Crippen LogP contribution >= 0.6 is 10.8 Å². The average molecular weight is 206 g/mol. The minimum atomic E-state index is -3.09. The molecule has 70 valence electrons. The van der Waals surface area contributed by atoms with Crippen molar-refractivity contribution in [2.75, 3.05) is 0 Å². The van der Waals surface area contributed by atoms with E-state index in [1.807, 2.05) is 0 Å². The summed E-state index contributed by atoms with van der Waals surface area (Å²) in [6.07, 6.45) is 3.04. The maximum atomic E-state index is 11.4. The second-order valence-electron chi connectivity index (χ2n) is 2.47. The Morgan fingerprint density at radius 3 is 2.08 bits per heavy atom. The van der Waals surface area contributed by atoms with E-state index in [9.17, 15) is 8.42 Å². The lowest BCUT2D eigenvalue weighted by Crippen LogP contribution is -2.13. The molecule has 0 N–H and O–H groups in total. The van der Waals surface area contributed by atoms with Gasteiger partial charge >= 0.3 is 0 Å². The highest BCUT2D eigenvalue weighted by Gasteiger charge is 2.20. The Bertz CT molecular complexity index is 254. The van der Waals surface area contributed by atoms with Gasteiger partial charge in [0, 0.05) is 5.25 Å². The highest BCUT2D eigenvalue weighted by Crippen LogP contribution is 2.24. The predicted molar refractivity (Wildman–Crippen MR) is 55.8 cm³/mol. The molecule has 0 aliphatic rings. The number of hydrogen-bond acceptors (Lipinski definition) is 3. The fourth-order valence-corrected chi connectivity index (χ4v) is 3.64. The molecule has 0 aromatic heterocycles. The van der Waals surface area contributed by atoms with Gasteiger partial charge in [0.05, 0.1) is 5.25 Å². The second kappa shape index (κ2) is 4.72. The topological polar surface area (TPSA) is 34.1 Å². The zero-order valence-corrected chi connectivity index (χ0v) is 8.99. The van der Waals surface area contributed by atoms with Crippen LogP contribution in [0.2, 0.25) is 0 Å². The molecule has 2 unspecified atom stereocenters. The zero-order valence-electron chi connectivity index (χ0n) is 7.36. The van der Waals surface area contributed by atoms with Crippen LogP contribution in [0.25, 0.3) is 0 Å². The summed E-state index contributed by atoms with van der Waals surface area (Å²) < 4.78 is 22.7. The maximum Gasteiger partial charge on any atom is 0.208 e. The first-order valence-electron chi connectivity index (χ1n) is 3.61. The lowest BCUT2D eigenvalue weighted by Gasteiger charge is -2.09. The van der Waals surface area contributed by atoms with E-state index >= 15 is 0 Å². The molecule has 0 aromatic carbocycles. The molecule has 0 aliphatic heterocycles. The molecule has 4 heteroatoms. The van der Waals surface area contributed by atoms with Crippen molar-refractivity contribution in [1.82, 2.24) is 0 Å². The molecule has 0 saturated carbocycles. The normalized spacial score (nSPS) is 16.5. The summed E-state index contributed by atoms with van der Waals surface area (Å²) in [5.74, 6) is 0. The first-order chi connectivity index (χ1) is 5.44. The summed E-state index contributed by atoms with van der Waals surface area (Å²) in [6.45, 7) is 10.4. The van der Waals surface area contributed by atoms with Crippen molar-refractivity contribution in [1.29, 1.82) is 0 Å². The van der Waals surface area contributed by atoms with Crippen molar-refractivity contribution >= 4 is 19.7 Å². The van der Waals surface area contributed by atoms with Gasteiger partial charge in [-0.2, -0.15) is 0 Å². The van der Waals surface area contributed by atoms with Crippen molar-refractivity contribution in [2.24, 2.45) is 0 Å². The highest BCUT2D eigenvalue weighted by molar-refractivity contribution is 8.72. The van der Waals surface area contributed by atoms with Crippen LogP contribution in [0.5, 0.6) is 0 Å². The summed E-state index contributed by atoms with van der Waals surface area (Å²) in [4.78, 5) is 0. The molecule has 0 amide bonds. The molecule has 0 heterocycles. The van der Waals surface area contributed by atoms with Gasteiger partial charge in [0.1, 0.15) is 0 Å². The first kappa shape index (κ1) is 11.8. The summed E-state index contributed by atoms with van der Waals surface area (Å²) in [7, 11) is -2.18. The largest absolute Gasteiger partial charge is 0.217 e. The number of hydrogen-bond donors (Lipinski definition) is 0. The Morgan fingerprint density at radius 1 is 1.25 bits per heavy atom. The molecular formula is C8H14O2S2. The summed E-state index contributed by atoms with van der Waals surface area (Å²) in [5.41, 5.74) is 0. The molecule has 0 fully saturated rings. The first-order valence-corrected chi connectivity index (χ1v) is 6.55. The van der Waals surface area contributed by atoms with E-state index in [1.54, 1.807) is 19.9 Å². The van der Waals surface area contributed by atoms with E-state index in [-0.39, 0.29) is 5.25 Å². The van der Waals surface area contributed by atoms with Gasteiger partial charge in [-0.1, -0.05) is 12.2 Å². The monoisotopic (exact) mass is 206 g/mol. The molecular weight excluding hydrogens is 192 g/mol. The summed E-state index contributed by atoms with van der Waals surface area (Å²) in [6, 6.07) is 0. The van der Waals surface area contributed by atoms with E-state index < -0.39 is 14.1 Å². The molecule has 12 heavy (non-hydrogen) atoms. The van der Waals surface area contributed by atoms with Crippen LogP contribution in [-0.2, 0) is 8.87 Å². The van der Waals surface area contributed by atoms with Gasteiger partial charge in [-0.05, 0) is 24.6 Å². The molecule has 0 bridgehead atoms. The van der Waals surface area contributed by atoms with Crippen LogP contribution in [0.3, 0.4) is 0 Å². The lowest BCUT2D eigenvalue weighted by molar-refractivity contribution is 0.606. The quantitative estimate of drug-likeness (QED) is 0.511. The Morgan fingerprint density at radius 2 is 1.75 bits per heavy atom. The van der Waals surface area contributed by atoms with Crippen LogP contribution in [-0.4, -0.2) is 18.9 Å². The van der Waals surface area contributed by atoms with Crippen LogP contribution in [0.15, 0.2) is 25.3 Å². The van der Waals surface area contributed by atoms with Crippen molar-refractivity contribution < 1.29 is 8.42 Å². The predicted octanol–water partition coefficient (Wildman–Crippen LogP) is 2.20. The van der Waals surface area contributed by atoms with E-state index in [0.29, 0.717) is 0 Å². The lowest BCUT2D eigenvalue weighted by atomic mass is 10.5. The van der Waals surface area contributed by atoms with Crippen LogP contribution in [0.1, 0.15) is 13.8 Å². The van der Waals surface area contributed by atoms with Crippen LogP contribution in [0, 0.1) is 0 Å². The Labute approximate surface area is 78.1 Å². The van der Waals surface area contributed by atoms with Gasteiger partial charge in [0.25, 0.3) is 0 Å². The third-order valence-electron chi connectivity index (χ3n) is 1.41. The van der Waals surface area contributed by atoms with Crippen molar-refractivity contribution in [3.05, 3.63) is 25.3 Å². The van der Waals surface area contributed by atoms with E-state index in [0.717, 1.165) is 10.8 Å². The van der Waals surface area contributed by atoms with Gasteiger partial charge in [-0.3, -0.25) is 0 Å². The minimum absolute atomic E-state index is 0.0719. The van der Waals surface area contributed by atoms with Gasteiger partial charge in [-0.15, -0.1) is 13.2 Å². The van der Waals surface area contributed by atoms with Crippen molar-refractivity contribution in [3.8, 4) is 0 Å². The van der Waals surface area contributed by atoms with Gasteiger partial charge in [0.15, 0.2) is 0 Å². The molecule has 0 saturated heterocycles. The standard InChI is InChI=1S/C8H14O2S2/c1-5-7(3)11-12(9,10)8(4)6-2/h5-8H,1-2H2,3-4H3. The summed E-state index contributed by atoms with van der Waals surface area (Å²) in [5, 5.41) is -0.567. The van der Waals surface area contributed by atoms with E-state index in [1.165, 1.54) is 6.08 Å². The minimum Gasteiger partial charge on any atom is -0.217 e. The van der Waals surface area contributed by atoms with Gasteiger partial charge in [-0.25, -0.2) is 8.42 Å². The fourth-order valence-electron chi connectivity index (χ4n) is 0.456. The zero-order chi connectivity index (χ0) is 9.78. The average Bonchev–Trinajstić information content (AvgIpc) is 2.02. The molecule has 0 aromatic rings. The van der Waals surface area contributed by atoms with Gasteiger partial charge in [0.2, 0.25) is 8.87 Å². The Hall–Kier alpha value is -0.220. The van der Waals surface area contributed by atoms with Crippen molar-refractivity contribution in [2.45, 2.75) is 24.3 Å². The number of rotatable bonds is 5. The highest BCUT2D eigenvalue weighted by atomic mass is 33.1. The van der Waals surface area contributed by atoms with E-state index in [2.05, 4.69) is 13.2 Å². The molecule has 0 radical (unpaired) electrons. The van der Waals surface area contributed by atoms with E-state index in [4.69, 9.17) is 0 Å². The molecule has 2 atom stereocenters. The van der Waals surface area contributed by atoms with Crippen LogP contribution in [0.4, 0.5) is 0 Å². The SMILES string of the molecule is C=CC(C)SS(=O)(=O)C(C)C=C. The Kier molecular flexibility index (Phi) is 4.63. The summed E-state index contributed by atoms with van der Waals surface area (Å²) >= 11 is 0. The third-order valence-corrected chi connectivity index (χ3v) is 5.90. The molecule has 0 spiro atoms. The maximum absolute atomic E-state index is 11.4. The van der Waals surface area contributed by atoms with Crippen molar-refractivity contribution in [3.63, 3.8) is 0 Å². The fraction of sp³-hybridized carbons (Fsp3) is 0.500. The van der Waals surface area contributed by atoms with Crippen LogP contribution < -0.4 is 0 Å². The van der Waals surface area contributed by atoms with Gasteiger partial charge < -0.3 is 0 Å². The second-order valence-corrected chi connectivity index (χ2v) is 7.11. The Balaban J connectivity index is 4.43. The third kappa shape index (κ3) is 3.45. The molecule has 2 nitrogen and oxygen atoms in total.